The second-order valence-corrected chi connectivity index (χ2v) is 18.2. The van der Waals surface area contributed by atoms with E-state index in [1.165, 1.54) is 0 Å². The van der Waals surface area contributed by atoms with Crippen LogP contribution in [0.4, 0.5) is 0 Å². The summed E-state index contributed by atoms with van der Waals surface area (Å²) in [7, 11) is 0. The molecule has 2 spiro atoms. The Balaban J connectivity index is 1.15. The number of ether oxygens (including phenoxy) is 3. The second-order valence-electron chi connectivity index (χ2n) is 18.2. The third-order valence-electron chi connectivity index (χ3n) is 15.6. The Morgan fingerprint density at radius 3 is 2.11 bits per heavy atom. The summed E-state index contributed by atoms with van der Waals surface area (Å²) in [6, 6.07) is 0. The van der Waals surface area contributed by atoms with Crippen molar-refractivity contribution in [1.29, 1.82) is 0 Å². The Bertz CT molecular complexity index is 1160. The van der Waals surface area contributed by atoms with Crippen LogP contribution in [0.2, 0.25) is 0 Å². The maximum absolute atomic E-state index is 12.4. The van der Waals surface area contributed by atoms with Crippen LogP contribution in [-0.2, 0) is 14.2 Å². The minimum absolute atomic E-state index is 0.0225. The van der Waals surface area contributed by atoms with Gasteiger partial charge in [0.05, 0.1) is 42.2 Å². The molecule has 0 bridgehead atoms. The van der Waals surface area contributed by atoms with Crippen LogP contribution in [0.5, 0.6) is 0 Å². The molecule has 0 aromatic carbocycles. The fourth-order valence-corrected chi connectivity index (χ4v) is 13.4. The molecule has 0 radical (unpaired) electrons. The number of fused-ring (bicyclic) bond motifs is 2. The van der Waals surface area contributed by atoms with Crippen LogP contribution in [0.3, 0.4) is 0 Å². The summed E-state index contributed by atoms with van der Waals surface area (Å²) < 4.78 is 18.7. The molecule has 7 aliphatic rings. The van der Waals surface area contributed by atoms with E-state index in [9.17, 15) is 30.6 Å². The summed E-state index contributed by atoms with van der Waals surface area (Å²) in [4.78, 5) is 0. The topological polar surface area (TPSA) is 149 Å². The molecule has 0 aromatic rings. The highest BCUT2D eigenvalue weighted by Gasteiger charge is 2.85. The predicted octanol–water partition coefficient (Wildman–Crippen LogP) is 2.90. The fourth-order valence-electron chi connectivity index (χ4n) is 13.4. The van der Waals surface area contributed by atoms with Crippen molar-refractivity contribution in [2.45, 2.75) is 166 Å². The SMILES string of the molecule is CC(C)(O)[C@@H]1CC[C@@](C)([C@@H]2[C@@H](O)C[C@@]3(C)[C@@H]4CC[C@@H]5C(C)(C)[C@H](O[C@@H]6OC[C@@H](O)[C@H](O)[C@@H]6O)CC[C@@]56C[C@@]46C[C@@H](O)[C@]23C)O1. The summed E-state index contributed by atoms with van der Waals surface area (Å²) in [5.41, 5.74) is -2.43. The van der Waals surface area contributed by atoms with E-state index in [0.29, 0.717) is 18.3 Å². The summed E-state index contributed by atoms with van der Waals surface area (Å²) >= 11 is 0. The van der Waals surface area contributed by atoms with E-state index in [4.69, 9.17) is 14.2 Å². The number of rotatable bonds is 4. The predicted molar refractivity (Wildman–Crippen MR) is 161 cm³/mol. The maximum Gasteiger partial charge on any atom is 0.186 e. The minimum atomic E-state index is -1.30. The van der Waals surface area contributed by atoms with Gasteiger partial charge in [0.25, 0.3) is 0 Å². The van der Waals surface area contributed by atoms with E-state index in [2.05, 4.69) is 34.6 Å². The molecule has 44 heavy (non-hydrogen) atoms. The van der Waals surface area contributed by atoms with Gasteiger partial charge in [0.2, 0.25) is 0 Å². The van der Waals surface area contributed by atoms with Gasteiger partial charge in [-0.15, -0.1) is 0 Å². The van der Waals surface area contributed by atoms with Crippen molar-refractivity contribution in [1.82, 2.24) is 0 Å². The van der Waals surface area contributed by atoms with Crippen molar-refractivity contribution in [2.24, 2.45) is 44.8 Å². The van der Waals surface area contributed by atoms with E-state index in [-0.39, 0.29) is 46.4 Å². The van der Waals surface area contributed by atoms with Crippen LogP contribution < -0.4 is 0 Å². The monoisotopic (exact) mass is 622 g/mol. The number of hydrogen-bond donors (Lipinski definition) is 6. The molecule has 5 saturated carbocycles. The van der Waals surface area contributed by atoms with Crippen LogP contribution >= 0.6 is 0 Å². The molecule has 16 atom stereocenters. The number of aliphatic hydroxyl groups excluding tert-OH is 5. The second kappa shape index (κ2) is 9.63. The lowest BCUT2D eigenvalue weighted by Crippen LogP contribution is -2.64. The van der Waals surface area contributed by atoms with Gasteiger partial charge in [0.1, 0.15) is 18.3 Å². The van der Waals surface area contributed by atoms with Crippen molar-refractivity contribution in [3.8, 4) is 0 Å². The lowest BCUT2D eigenvalue weighted by molar-refractivity contribution is -0.303. The van der Waals surface area contributed by atoms with Gasteiger partial charge in [-0.1, -0.05) is 27.7 Å². The summed E-state index contributed by atoms with van der Waals surface area (Å²) in [6.07, 6.45) is 1.57. The first kappa shape index (κ1) is 32.2. The molecule has 6 N–H and O–H groups in total. The van der Waals surface area contributed by atoms with Crippen LogP contribution in [0.15, 0.2) is 0 Å². The lowest BCUT2D eigenvalue weighted by Gasteiger charge is -2.65. The summed E-state index contributed by atoms with van der Waals surface area (Å²) in [5.74, 6) is 0.554. The van der Waals surface area contributed by atoms with Gasteiger partial charge in [0, 0.05) is 11.3 Å². The highest BCUT2D eigenvalue weighted by atomic mass is 16.7. The largest absolute Gasteiger partial charge is 0.393 e. The van der Waals surface area contributed by atoms with Crippen LogP contribution in [0, 0.1) is 44.8 Å². The standard InChI is InChI=1S/C35H58O9/c1-29(2)20-8-9-21-31(5)14-18(36)27(32(6)12-10-24(44-32)30(3,4)41)33(31,7)22(38)15-35(21)17-34(20,35)13-11-23(29)43-28-26(40)25(39)19(37)16-42-28/h18-28,36-41H,8-17H2,1-7H3/t18-,19+,20+,21-,22+,23+,24-,25-,26-,27-,28-,31-,32-,33+,34+,35-/m0/s1. The molecule has 2 aliphatic heterocycles. The first-order valence-corrected chi connectivity index (χ1v) is 17.4. The van der Waals surface area contributed by atoms with Crippen LogP contribution in [-0.4, -0.2) is 97.5 Å². The van der Waals surface area contributed by atoms with Crippen molar-refractivity contribution in [3.05, 3.63) is 0 Å². The number of hydrogen-bond acceptors (Lipinski definition) is 9. The van der Waals surface area contributed by atoms with Crippen molar-refractivity contribution >= 4 is 0 Å². The van der Waals surface area contributed by atoms with E-state index in [1.807, 2.05) is 0 Å². The molecule has 0 amide bonds. The lowest BCUT2D eigenvalue weighted by atomic mass is 9.41. The highest BCUT2D eigenvalue weighted by Crippen LogP contribution is 2.89. The minimum Gasteiger partial charge on any atom is -0.393 e. The van der Waals surface area contributed by atoms with Crippen molar-refractivity contribution < 1.29 is 44.8 Å². The molecule has 5 aliphatic carbocycles. The normalized spacial score (nSPS) is 59.8. The van der Waals surface area contributed by atoms with Gasteiger partial charge in [0.15, 0.2) is 6.29 Å². The van der Waals surface area contributed by atoms with Gasteiger partial charge in [-0.3, -0.25) is 0 Å². The first-order valence-electron chi connectivity index (χ1n) is 17.4. The molecular weight excluding hydrogens is 564 g/mol. The quantitative estimate of drug-likeness (QED) is 0.260. The van der Waals surface area contributed by atoms with Gasteiger partial charge < -0.3 is 44.8 Å². The third-order valence-corrected chi connectivity index (χ3v) is 15.6. The van der Waals surface area contributed by atoms with E-state index < -0.39 is 53.4 Å². The Labute approximate surface area is 262 Å². The zero-order chi connectivity index (χ0) is 32.0. The zero-order valence-electron chi connectivity index (χ0n) is 27.8. The molecule has 252 valence electrons. The zero-order valence-corrected chi connectivity index (χ0v) is 27.8. The smallest absolute Gasteiger partial charge is 0.186 e. The average Bonchev–Trinajstić information content (AvgIpc) is 3.28. The highest BCUT2D eigenvalue weighted by molar-refractivity contribution is 5.33. The van der Waals surface area contributed by atoms with E-state index >= 15 is 0 Å². The molecule has 0 aromatic heterocycles. The molecule has 9 nitrogen and oxygen atoms in total. The molecule has 0 unspecified atom stereocenters. The molecule has 7 rings (SSSR count). The van der Waals surface area contributed by atoms with Crippen molar-refractivity contribution in [2.75, 3.05) is 6.61 Å². The van der Waals surface area contributed by atoms with Crippen LogP contribution in [0.1, 0.15) is 106 Å². The maximum atomic E-state index is 12.4. The van der Waals surface area contributed by atoms with Gasteiger partial charge in [-0.25, -0.2) is 0 Å². The Kier molecular flexibility index (Phi) is 7.04. The van der Waals surface area contributed by atoms with E-state index in [0.717, 1.165) is 51.4 Å². The third kappa shape index (κ3) is 3.91. The van der Waals surface area contributed by atoms with Gasteiger partial charge in [-0.05, 0) is 112 Å². The summed E-state index contributed by atoms with van der Waals surface area (Å²) in [6.45, 7) is 14.7. The molecule has 2 heterocycles. The first-order chi connectivity index (χ1) is 20.3. The summed E-state index contributed by atoms with van der Waals surface area (Å²) in [5, 5.41) is 65.7. The molecular formula is C35H58O9. The van der Waals surface area contributed by atoms with Crippen LogP contribution in [0.25, 0.3) is 0 Å². The fraction of sp³-hybridized carbons (Fsp3) is 1.00. The number of aliphatic hydroxyl groups is 6. The molecule has 9 heteroatoms. The van der Waals surface area contributed by atoms with Gasteiger partial charge >= 0.3 is 0 Å². The molecule has 2 saturated heterocycles. The van der Waals surface area contributed by atoms with Gasteiger partial charge in [-0.2, -0.15) is 0 Å². The Hall–Kier alpha value is -0.360. The van der Waals surface area contributed by atoms with E-state index in [1.54, 1.807) is 13.8 Å². The Morgan fingerprint density at radius 1 is 0.773 bits per heavy atom. The average molecular weight is 623 g/mol. The Morgan fingerprint density at radius 2 is 1.45 bits per heavy atom. The molecule has 7 fully saturated rings. The van der Waals surface area contributed by atoms with Crippen molar-refractivity contribution in [3.63, 3.8) is 0 Å².